The van der Waals surface area contributed by atoms with Crippen LogP contribution in [-0.4, -0.2) is 23.2 Å². The van der Waals surface area contributed by atoms with Crippen LogP contribution >= 0.6 is 0 Å². The summed E-state index contributed by atoms with van der Waals surface area (Å²) in [6.45, 7) is 3.89. The molecule has 2 amide bonds. The molecular weight excluding hydrogens is 440 g/mol. The Morgan fingerprint density at radius 2 is 1.74 bits per heavy atom. The van der Waals surface area contributed by atoms with Crippen molar-refractivity contribution in [2.24, 2.45) is 5.92 Å². The van der Waals surface area contributed by atoms with Gasteiger partial charge in [-0.15, -0.1) is 0 Å². The van der Waals surface area contributed by atoms with E-state index in [1.807, 2.05) is 62.4 Å². The summed E-state index contributed by atoms with van der Waals surface area (Å²) in [5.74, 6) is 0.130. The molecule has 180 valence electrons. The summed E-state index contributed by atoms with van der Waals surface area (Å²) >= 11 is 0. The predicted molar refractivity (Wildman–Crippen MR) is 136 cm³/mol. The highest BCUT2D eigenvalue weighted by Gasteiger charge is 2.46. The van der Waals surface area contributed by atoms with Gasteiger partial charge in [0.25, 0.3) is 0 Å². The standard InChI is InChI=1S/C29H30N2O4/c1-17-8-12-22(13-9-17)30-29(34)31-24-16-21(18(2)14-25(32)33)15-23-26(19-6-4-3-5-7-19)27(20-10-11-20)35-28(23)24/h3-9,12-13,15-16,18,20,26-27H,10-11,14H2,1-2H3,(H,32,33)(H2,30,31,34)/t18?,26-,27+/m0/s1. The van der Waals surface area contributed by atoms with Gasteiger partial charge in [0.2, 0.25) is 0 Å². The third-order valence-electron chi connectivity index (χ3n) is 6.91. The monoisotopic (exact) mass is 470 g/mol. The first-order valence-corrected chi connectivity index (χ1v) is 12.1. The van der Waals surface area contributed by atoms with Crippen molar-refractivity contribution in [1.29, 1.82) is 0 Å². The molecule has 0 aromatic heterocycles. The van der Waals surface area contributed by atoms with Crippen LogP contribution in [0, 0.1) is 12.8 Å². The molecule has 1 aliphatic carbocycles. The zero-order chi connectivity index (χ0) is 24.5. The number of rotatable bonds is 7. The van der Waals surface area contributed by atoms with Crippen molar-refractivity contribution in [2.75, 3.05) is 10.6 Å². The first-order valence-electron chi connectivity index (χ1n) is 12.1. The molecule has 1 saturated carbocycles. The van der Waals surface area contributed by atoms with Crippen LogP contribution in [0.1, 0.15) is 60.3 Å². The Labute approximate surface area is 205 Å². The van der Waals surface area contributed by atoms with E-state index in [1.165, 1.54) is 5.56 Å². The molecule has 5 rings (SSSR count). The van der Waals surface area contributed by atoms with Crippen LogP contribution in [0.15, 0.2) is 66.7 Å². The number of benzene rings is 3. The summed E-state index contributed by atoms with van der Waals surface area (Å²) in [5.41, 5.74) is 5.43. The lowest BCUT2D eigenvalue weighted by Gasteiger charge is -2.19. The number of aliphatic carboxylic acids is 1. The fraction of sp³-hybridized carbons (Fsp3) is 0.310. The van der Waals surface area contributed by atoms with Crippen LogP contribution in [0.3, 0.4) is 0 Å². The van der Waals surface area contributed by atoms with E-state index in [0.29, 0.717) is 23.0 Å². The number of carboxylic acid groups (broad SMARTS) is 1. The second-order valence-electron chi connectivity index (χ2n) is 9.74. The number of fused-ring (bicyclic) bond motifs is 1. The summed E-state index contributed by atoms with van der Waals surface area (Å²) in [6, 6.07) is 21.5. The van der Waals surface area contributed by atoms with Gasteiger partial charge in [-0.2, -0.15) is 0 Å². The number of anilines is 2. The first-order chi connectivity index (χ1) is 16.9. The van der Waals surface area contributed by atoms with Crippen molar-refractivity contribution in [3.63, 3.8) is 0 Å². The zero-order valence-corrected chi connectivity index (χ0v) is 20.0. The number of nitrogens with one attached hydrogen (secondary N) is 2. The molecule has 6 heteroatoms. The minimum Gasteiger partial charge on any atom is -0.487 e. The number of hydrogen-bond acceptors (Lipinski definition) is 3. The topological polar surface area (TPSA) is 87.7 Å². The van der Waals surface area contributed by atoms with Gasteiger partial charge in [-0.25, -0.2) is 4.79 Å². The number of ether oxygens (including phenoxy) is 1. The second kappa shape index (κ2) is 9.45. The highest BCUT2D eigenvalue weighted by atomic mass is 16.5. The summed E-state index contributed by atoms with van der Waals surface area (Å²) in [7, 11) is 0. The predicted octanol–water partition coefficient (Wildman–Crippen LogP) is 6.52. The SMILES string of the molecule is Cc1ccc(NC(=O)Nc2cc(C(C)CC(=O)O)cc3c2O[C@H](C2CC2)[C@H]3c2ccccc2)cc1. The molecule has 1 aliphatic heterocycles. The van der Waals surface area contributed by atoms with E-state index in [1.54, 1.807) is 0 Å². The Kier molecular flexibility index (Phi) is 6.20. The van der Waals surface area contributed by atoms with Gasteiger partial charge in [0, 0.05) is 17.2 Å². The van der Waals surface area contributed by atoms with Gasteiger partial charge in [0.15, 0.2) is 0 Å². The number of hydrogen-bond donors (Lipinski definition) is 3. The smallest absolute Gasteiger partial charge is 0.323 e. The van der Waals surface area contributed by atoms with E-state index in [-0.39, 0.29) is 30.4 Å². The molecule has 0 radical (unpaired) electrons. The van der Waals surface area contributed by atoms with Gasteiger partial charge in [-0.05, 0) is 60.9 Å². The number of amides is 2. The zero-order valence-electron chi connectivity index (χ0n) is 20.0. The molecule has 3 aromatic rings. The van der Waals surface area contributed by atoms with Crippen molar-refractivity contribution >= 4 is 23.4 Å². The maximum Gasteiger partial charge on any atom is 0.323 e. The fourth-order valence-electron chi connectivity index (χ4n) is 4.92. The van der Waals surface area contributed by atoms with Gasteiger partial charge in [-0.1, -0.05) is 61.0 Å². The van der Waals surface area contributed by atoms with Crippen LogP contribution in [0.5, 0.6) is 5.75 Å². The third-order valence-corrected chi connectivity index (χ3v) is 6.91. The highest BCUT2D eigenvalue weighted by molar-refractivity contribution is 6.01. The molecule has 3 aromatic carbocycles. The van der Waals surface area contributed by atoms with Crippen molar-refractivity contribution in [3.05, 3.63) is 89.0 Å². The Morgan fingerprint density at radius 3 is 2.40 bits per heavy atom. The summed E-state index contributed by atoms with van der Waals surface area (Å²) in [5, 5.41) is 15.2. The molecular formula is C29H30N2O4. The summed E-state index contributed by atoms with van der Waals surface area (Å²) in [6.07, 6.45) is 2.26. The van der Waals surface area contributed by atoms with E-state index in [0.717, 1.165) is 29.5 Å². The van der Waals surface area contributed by atoms with Crippen LogP contribution in [0.4, 0.5) is 16.2 Å². The third kappa shape index (κ3) is 5.02. The second-order valence-corrected chi connectivity index (χ2v) is 9.74. The lowest BCUT2D eigenvalue weighted by Crippen LogP contribution is -2.22. The molecule has 0 spiro atoms. The van der Waals surface area contributed by atoms with Gasteiger partial charge in [0.1, 0.15) is 11.9 Å². The van der Waals surface area contributed by atoms with E-state index in [9.17, 15) is 14.7 Å². The van der Waals surface area contributed by atoms with Crippen LogP contribution in [-0.2, 0) is 4.79 Å². The number of urea groups is 1. The van der Waals surface area contributed by atoms with Gasteiger partial charge in [-0.3, -0.25) is 4.79 Å². The number of aryl methyl sites for hydroxylation is 1. The first kappa shape index (κ1) is 23.0. The van der Waals surface area contributed by atoms with Crippen molar-refractivity contribution in [3.8, 4) is 5.75 Å². The Hall–Kier alpha value is -3.80. The molecule has 6 nitrogen and oxygen atoms in total. The molecule has 0 bridgehead atoms. The highest BCUT2D eigenvalue weighted by Crippen LogP contribution is 2.53. The minimum absolute atomic E-state index is 0.00172. The largest absolute Gasteiger partial charge is 0.487 e. The van der Waals surface area contributed by atoms with Gasteiger partial charge >= 0.3 is 12.0 Å². The van der Waals surface area contributed by atoms with E-state index >= 15 is 0 Å². The normalized spacial score (nSPS) is 19.4. The molecule has 1 fully saturated rings. The lowest BCUT2D eigenvalue weighted by atomic mass is 9.84. The van der Waals surface area contributed by atoms with Crippen LogP contribution in [0.25, 0.3) is 0 Å². The van der Waals surface area contributed by atoms with Gasteiger partial charge in [0.05, 0.1) is 12.1 Å². The maximum absolute atomic E-state index is 12.9. The Bertz CT molecular complexity index is 1240. The number of carbonyl (C=O) groups is 2. The molecule has 0 saturated heterocycles. The quantitative estimate of drug-likeness (QED) is 0.367. The van der Waals surface area contributed by atoms with E-state index < -0.39 is 5.97 Å². The van der Waals surface area contributed by atoms with Crippen LogP contribution < -0.4 is 15.4 Å². The summed E-state index contributed by atoms with van der Waals surface area (Å²) < 4.78 is 6.55. The van der Waals surface area contributed by atoms with E-state index in [4.69, 9.17) is 4.74 Å². The number of carboxylic acids is 1. The minimum atomic E-state index is -0.851. The lowest BCUT2D eigenvalue weighted by molar-refractivity contribution is -0.137. The Balaban J connectivity index is 1.52. The Morgan fingerprint density at radius 1 is 1.03 bits per heavy atom. The molecule has 35 heavy (non-hydrogen) atoms. The molecule has 1 unspecified atom stereocenters. The van der Waals surface area contributed by atoms with Crippen molar-refractivity contribution < 1.29 is 19.4 Å². The maximum atomic E-state index is 12.9. The van der Waals surface area contributed by atoms with Gasteiger partial charge < -0.3 is 20.5 Å². The van der Waals surface area contributed by atoms with E-state index in [2.05, 4.69) is 28.8 Å². The molecule has 1 heterocycles. The van der Waals surface area contributed by atoms with Crippen molar-refractivity contribution in [2.45, 2.75) is 51.0 Å². The molecule has 3 N–H and O–H groups in total. The molecule has 2 aliphatic rings. The number of carbonyl (C=O) groups excluding carboxylic acids is 1. The average Bonchev–Trinajstić information content (AvgIpc) is 3.60. The molecule has 3 atom stereocenters. The summed E-state index contributed by atoms with van der Waals surface area (Å²) in [4.78, 5) is 24.4. The fourth-order valence-corrected chi connectivity index (χ4v) is 4.92. The average molecular weight is 471 g/mol. The van der Waals surface area contributed by atoms with Crippen molar-refractivity contribution in [1.82, 2.24) is 0 Å². The van der Waals surface area contributed by atoms with Crippen LogP contribution in [0.2, 0.25) is 0 Å².